The second-order valence-corrected chi connectivity index (χ2v) is 3.16. The zero-order chi connectivity index (χ0) is 9.07. The van der Waals surface area contributed by atoms with Crippen LogP contribution >= 0.6 is 0 Å². The van der Waals surface area contributed by atoms with Crippen LogP contribution < -0.4 is 0 Å². The summed E-state index contributed by atoms with van der Waals surface area (Å²) in [6.07, 6.45) is -0.572. The molecule has 0 aliphatic carbocycles. The first kappa shape index (κ1) is 15.1. The number of carboxylic acid groups (broad SMARTS) is 1. The number of rotatable bonds is 2. The van der Waals surface area contributed by atoms with Gasteiger partial charge in [0.2, 0.25) is 0 Å². The monoisotopic (exact) mass is 200 g/mol. The first-order chi connectivity index (χ1) is 4.81. The quantitative estimate of drug-likeness (QED) is 0.391. The van der Waals surface area contributed by atoms with Crippen LogP contribution in [0.4, 0.5) is 0 Å². The molecule has 0 aromatic rings. The molecule has 0 atom stereocenters. The number of hydrogen-bond acceptors (Lipinski definition) is 3. The summed E-state index contributed by atoms with van der Waals surface area (Å²) in [7, 11) is 0. The van der Waals surface area contributed by atoms with Crippen LogP contribution in [0.15, 0.2) is 0 Å². The summed E-state index contributed by atoms with van der Waals surface area (Å²) in [5.41, 5.74) is -0.605. The van der Waals surface area contributed by atoms with Gasteiger partial charge >= 0.3 is 63.3 Å². The molecule has 0 aliphatic heterocycles. The first-order valence-corrected chi connectivity index (χ1v) is 3.25. The summed E-state index contributed by atoms with van der Waals surface area (Å²) in [5, 5.41) is 8.18. The fourth-order valence-corrected chi connectivity index (χ4v) is 0.501. The van der Waals surface area contributed by atoms with E-state index in [1.807, 2.05) is 0 Å². The summed E-state index contributed by atoms with van der Waals surface area (Å²) < 4.78 is 4.73. The molecule has 66 valence electrons. The Balaban J connectivity index is 0. The molecule has 0 aromatic heterocycles. The van der Waals surface area contributed by atoms with Gasteiger partial charge < -0.3 is 9.84 Å². The molecule has 4 nitrogen and oxygen atoms in total. The molecule has 0 unspecified atom stereocenters. The minimum absolute atomic E-state index is 0. The van der Waals surface area contributed by atoms with E-state index < -0.39 is 24.0 Å². The first-order valence-electron chi connectivity index (χ1n) is 3.25. The van der Waals surface area contributed by atoms with Crippen molar-refractivity contribution in [3.8, 4) is 0 Å². The van der Waals surface area contributed by atoms with Gasteiger partial charge in [0.05, 0.1) is 0 Å². The van der Waals surface area contributed by atoms with Crippen molar-refractivity contribution in [2.24, 2.45) is 0 Å². The maximum absolute atomic E-state index is 10.7. The predicted molar refractivity (Wildman–Crippen MR) is 45.2 cm³/mol. The summed E-state index contributed by atoms with van der Waals surface area (Å²) in [6, 6.07) is 0. The molecule has 0 saturated heterocycles. The zero-order valence-corrected chi connectivity index (χ0v) is 6.88. The number of hydrogen-bond donors (Lipinski definition) is 1. The van der Waals surface area contributed by atoms with Gasteiger partial charge in [-0.15, -0.1) is 0 Å². The van der Waals surface area contributed by atoms with E-state index in [0.29, 0.717) is 0 Å². The van der Waals surface area contributed by atoms with E-state index in [1.165, 1.54) is 0 Å². The minimum atomic E-state index is -1.17. The number of aliphatic carboxylic acids is 1. The molecule has 12 heavy (non-hydrogen) atoms. The van der Waals surface area contributed by atoms with E-state index in [4.69, 9.17) is 9.84 Å². The molecular weight excluding hydrogens is 187 g/mol. The molecule has 0 saturated carbocycles. The van der Waals surface area contributed by atoms with Crippen molar-refractivity contribution in [1.29, 1.82) is 0 Å². The van der Waals surface area contributed by atoms with Crippen LogP contribution in [0.25, 0.3) is 0 Å². The normalized spacial score (nSPS) is 9.92. The Kier molecular flexibility index (Phi) is 7.65. The molecule has 5 heteroatoms. The van der Waals surface area contributed by atoms with Crippen LogP contribution in [0.2, 0.25) is 0 Å². The van der Waals surface area contributed by atoms with E-state index in [1.54, 1.807) is 20.8 Å². The molecule has 0 aliphatic rings. The van der Waals surface area contributed by atoms with Crippen LogP contribution in [0.5, 0.6) is 0 Å². The summed E-state index contributed by atoms with van der Waals surface area (Å²) in [5.74, 6) is -1.87. The van der Waals surface area contributed by atoms with Crippen LogP contribution in [0.3, 0.4) is 0 Å². The Morgan fingerprint density at radius 1 is 1.33 bits per heavy atom. The SMILES string of the molecule is CC(C)(C)OC(=O)CC(=O)O.[KH]. The third-order valence-electron chi connectivity index (χ3n) is 0.716. The molecule has 0 amide bonds. The number of carboxylic acids is 1. The fourth-order valence-electron chi connectivity index (χ4n) is 0.501. The molecule has 0 rings (SSSR count). The number of carbonyl (C=O) groups excluding carboxylic acids is 1. The van der Waals surface area contributed by atoms with Crippen molar-refractivity contribution in [3.63, 3.8) is 0 Å². The van der Waals surface area contributed by atoms with E-state index in [9.17, 15) is 9.59 Å². The summed E-state index contributed by atoms with van der Waals surface area (Å²) >= 11 is 0. The van der Waals surface area contributed by atoms with Gasteiger partial charge in [0.15, 0.2) is 0 Å². The van der Waals surface area contributed by atoms with Gasteiger partial charge in [-0.25, -0.2) is 0 Å². The molecule has 0 heterocycles. The van der Waals surface area contributed by atoms with E-state index in [-0.39, 0.29) is 51.4 Å². The van der Waals surface area contributed by atoms with Crippen molar-refractivity contribution in [2.75, 3.05) is 0 Å². The Morgan fingerprint density at radius 3 is 2.00 bits per heavy atom. The van der Waals surface area contributed by atoms with Gasteiger partial charge in [0.1, 0.15) is 12.0 Å². The van der Waals surface area contributed by atoms with Crippen molar-refractivity contribution < 1.29 is 19.4 Å². The summed E-state index contributed by atoms with van der Waals surface area (Å²) in [4.78, 5) is 20.7. The zero-order valence-electron chi connectivity index (χ0n) is 6.88. The van der Waals surface area contributed by atoms with E-state index >= 15 is 0 Å². The number of carbonyl (C=O) groups is 2. The van der Waals surface area contributed by atoms with Crippen molar-refractivity contribution in [2.45, 2.75) is 32.8 Å². The Labute approximate surface area is 114 Å². The Morgan fingerprint density at radius 2 is 1.75 bits per heavy atom. The second-order valence-electron chi connectivity index (χ2n) is 3.16. The van der Waals surface area contributed by atoms with Gasteiger partial charge in [0, 0.05) is 0 Å². The Hall–Kier alpha value is 0.576. The van der Waals surface area contributed by atoms with Crippen molar-refractivity contribution >= 4 is 63.3 Å². The van der Waals surface area contributed by atoms with Gasteiger partial charge in [-0.05, 0) is 20.8 Å². The molecule has 0 spiro atoms. The summed E-state index contributed by atoms with van der Waals surface area (Å²) in [6.45, 7) is 5.06. The average molecular weight is 200 g/mol. The number of esters is 1. The van der Waals surface area contributed by atoms with Gasteiger partial charge in [-0.1, -0.05) is 0 Å². The fraction of sp³-hybridized carbons (Fsp3) is 0.714. The molecule has 1 N–H and O–H groups in total. The number of ether oxygens (including phenoxy) is 1. The third kappa shape index (κ3) is 10.6. The third-order valence-corrected chi connectivity index (χ3v) is 0.716. The standard InChI is InChI=1S/C7H12O4.K.H/c1-7(2,3)11-6(10)4-5(8)9;;/h4H2,1-3H3,(H,8,9);;. The van der Waals surface area contributed by atoms with Crippen LogP contribution in [-0.4, -0.2) is 74.0 Å². The molecule has 0 aromatic carbocycles. The second kappa shape index (κ2) is 6.09. The van der Waals surface area contributed by atoms with E-state index in [2.05, 4.69) is 0 Å². The predicted octanol–water partition coefficient (Wildman–Crippen LogP) is 0.154. The van der Waals surface area contributed by atoms with Gasteiger partial charge in [-0.2, -0.15) is 0 Å². The van der Waals surface area contributed by atoms with Crippen LogP contribution in [0, 0.1) is 0 Å². The molecule has 0 fully saturated rings. The Bertz CT molecular complexity index is 171. The molecular formula is C7H13KO4. The molecule has 0 radical (unpaired) electrons. The van der Waals surface area contributed by atoms with Gasteiger partial charge in [-0.3, -0.25) is 9.59 Å². The van der Waals surface area contributed by atoms with E-state index in [0.717, 1.165) is 0 Å². The average Bonchev–Trinajstić information content (AvgIpc) is 1.53. The maximum atomic E-state index is 10.7. The van der Waals surface area contributed by atoms with Crippen LogP contribution in [-0.2, 0) is 14.3 Å². The van der Waals surface area contributed by atoms with Gasteiger partial charge in [0.25, 0.3) is 0 Å². The topological polar surface area (TPSA) is 63.6 Å². The van der Waals surface area contributed by atoms with Crippen molar-refractivity contribution in [1.82, 2.24) is 0 Å². The van der Waals surface area contributed by atoms with Crippen LogP contribution in [0.1, 0.15) is 27.2 Å². The molecule has 0 bridgehead atoms. The van der Waals surface area contributed by atoms with Crippen molar-refractivity contribution in [3.05, 3.63) is 0 Å².